The molecule has 0 aromatic rings. The van der Waals surface area contributed by atoms with Crippen LogP contribution in [0.1, 0.15) is 26.2 Å². The highest BCUT2D eigenvalue weighted by molar-refractivity contribution is 5.76. The Bertz CT molecular complexity index is 311. The number of allylic oxidation sites excluding steroid dienone is 2. The lowest BCUT2D eigenvalue weighted by Crippen LogP contribution is -2.27. The van der Waals surface area contributed by atoms with E-state index in [0.717, 1.165) is 36.5 Å². The smallest absolute Gasteiger partial charge is 0.311 e. The quantitative estimate of drug-likeness (QED) is 0.486. The van der Waals surface area contributed by atoms with E-state index in [9.17, 15) is 4.79 Å². The minimum absolute atomic E-state index is 0.00343. The molecule has 0 N–H and O–H groups in total. The Morgan fingerprint density at radius 3 is 2.27 bits per heavy atom. The second-order valence-electron chi connectivity index (χ2n) is 5.74. The van der Waals surface area contributed by atoms with Crippen molar-refractivity contribution in [3.8, 4) is 0 Å². The number of rotatable bonds is 1. The molecule has 15 heavy (non-hydrogen) atoms. The maximum absolute atomic E-state index is 11.8. The van der Waals surface area contributed by atoms with Crippen LogP contribution >= 0.6 is 0 Å². The van der Waals surface area contributed by atoms with Crippen molar-refractivity contribution in [3.63, 3.8) is 0 Å². The van der Waals surface area contributed by atoms with Gasteiger partial charge in [0, 0.05) is 0 Å². The van der Waals surface area contributed by atoms with Crippen LogP contribution in [0.3, 0.4) is 0 Å². The van der Waals surface area contributed by atoms with Gasteiger partial charge in [-0.15, -0.1) is 0 Å². The number of esters is 1. The van der Waals surface area contributed by atoms with E-state index in [2.05, 4.69) is 19.1 Å². The van der Waals surface area contributed by atoms with Crippen molar-refractivity contribution in [2.75, 3.05) is 7.11 Å². The highest BCUT2D eigenvalue weighted by atomic mass is 16.5. The fraction of sp³-hybridized carbons (Fsp3) is 0.769. The zero-order valence-electron chi connectivity index (χ0n) is 9.40. The molecule has 0 aromatic heterocycles. The molecule has 2 bridgehead atoms. The molecule has 3 rings (SSSR count). The monoisotopic (exact) mass is 206 g/mol. The van der Waals surface area contributed by atoms with E-state index in [-0.39, 0.29) is 11.4 Å². The molecule has 2 nitrogen and oxygen atoms in total. The third-order valence-corrected chi connectivity index (χ3v) is 4.85. The Morgan fingerprint density at radius 1 is 1.27 bits per heavy atom. The van der Waals surface area contributed by atoms with E-state index >= 15 is 0 Å². The summed E-state index contributed by atoms with van der Waals surface area (Å²) in [6, 6.07) is 0. The molecular formula is C13H18O2. The minimum Gasteiger partial charge on any atom is -0.469 e. The van der Waals surface area contributed by atoms with Gasteiger partial charge in [0.1, 0.15) is 0 Å². The van der Waals surface area contributed by atoms with Crippen molar-refractivity contribution in [1.82, 2.24) is 0 Å². The van der Waals surface area contributed by atoms with E-state index in [1.165, 1.54) is 13.5 Å². The minimum atomic E-state index is -0.201. The molecule has 0 amide bonds. The molecule has 2 heteroatoms. The summed E-state index contributed by atoms with van der Waals surface area (Å²) in [4.78, 5) is 11.8. The Kier molecular flexibility index (Phi) is 1.80. The first-order valence-electron chi connectivity index (χ1n) is 5.91. The first-order chi connectivity index (χ1) is 7.14. The lowest BCUT2D eigenvalue weighted by Gasteiger charge is -2.22. The lowest BCUT2D eigenvalue weighted by molar-refractivity contribution is -0.151. The van der Waals surface area contributed by atoms with Gasteiger partial charge in [-0.2, -0.15) is 0 Å². The predicted molar refractivity (Wildman–Crippen MR) is 57.1 cm³/mol. The number of hydrogen-bond acceptors (Lipinski definition) is 2. The molecule has 4 unspecified atom stereocenters. The van der Waals surface area contributed by atoms with Gasteiger partial charge in [0.2, 0.25) is 0 Å². The normalized spacial score (nSPS) is 50.8. The first-order valence-corrected chi connectivity index (χ1v) is 5.91. The second kappa shape index (κ2) is 2.87. The lowest BCUT2D eigenvalue weighted by atomic mass is 9.84. The average Bonchev–Trinajstić information content (AvgIpc) is 2.86. The van der Waals surface area contributed by atoms with Gasteiger partial charge in [-0.05, 0) is 49.9 Å². The Balaban J connectivity index is 1.83. The van der Waals surface area contributed by atoms with Crippen molar-refractivity contribution in [2.45, 2.75) is 26.2 Å². The van der Waals surface area contributed by atoms with Crippen LogP contribution in [0.2, 0.25) is 0 Å². The molecule has 0 radical (unpaired) electrons. The van der Waals surface area contributed by atoms with Crippen molar-refractivity contribution in [1.29, 1.82) is 0 Å². The van der Waals surface area contributed by atoms with Crippen LogP contribution in [0.15, 0.2) is 12.2 Å². The number of carbonyl (C=O) groups excluding carboxylic acids is 1. The van der Waals surface area contributed by atoms with Gasteiger partial charge in [-0.1, -0.05) is 12.2 Å². The van der Waals surface area contributed by atoms with Crippen LogP contribution in [0.25, 0.3) is 0 Å². The number of hydrogen-bond donors (Lipinski definition) is 0. The first kappa shape index (κ1) is 9.44. The molecule has 82 valence electrons. The maximum Gasteiger partial charge on any atom is 0.311 e. The van der Waals surface area contributed by atoms with Crippen LogP contribution < -0.4 is 0 Å². The molecule has 2 fully saturated rings. The fourth-order valence-corrected chi connectivity index (χ4v) is 4.17. The Hall–Kier alpha value is -0.790. The van der Waals surface area contributed by atoms with Gasteiger partial charge in [-0.25, -0.2) is 0 Å². The summed E-state index contributed by atoms with van der Waals surface area (Å²) < 4.78 is 4.93. The third kappa shape index (κ3) is 1.14. The summed E-state index contributed by atoms with van der Waals surface area (Å²) in [6.07, 6.45) is 8.15. The largest absolute Gasteiger partial charge is 0.469 e. The molecule has 0 heterocycles. The number of fused-ring (bicyclic) bond motifs is 5. The van der Waals surface area contributed by atoms with Crippen LogP contribution in [-0.2, 0) is 9.53 Å². The fourth-order valence-electron chi connectivity index (χ4n) is 4.17. The molecule has 4 atom stereocenters. The van der Waals surface area contributed by atoms with E-state index in [1.54, 1.807) is 0 Å². The highest BCUT2D eigenvalue weighted by Crippen LogP contribution is 2.60. The third-order valence-electron chi connectivity index (χ3n) is 4.85. The van der Waals surface area contributed by atoms with Crippen molar-refractivity contribution < 1.29 is 9.53 Å². The SMILES string of the molecule is COC(=O)C1(C)CC2C3C=CC(C3)C2C1. The maximum atomic E-state index is 11.8. The number of methoxy groups -OCH3 is 1. The number of carbonyl (C=O) groups is 1. The van der Waals surface area contributed by atoms with Crippen LogP contribution in [0, 0.1) is 29.1 Å². The summed E-state index contributed by atoms with van der Waals surface area (Å²) in [5, 5.41) is 0. The summed E-state index contributed by atoms with van der Waals surface area (Å²) >= 11 is 0. The van der Waals surface area contributed by atoms with Crippen molar-refractivity contribution in [3.05, 3.63) is 12.2 Å². The van der Waals surface area contributed by atoms with Crippen molar-refractivity contribution >= 4 is 5.97 Å². The molecule has 3 aliphatic rings. The van der Waals surface area contributed by atoms with Gasteiger partial charge >= 0.3 is 5.97 Å². The molecule has 0 saturated heterocycles. The summed E-state index contributed by atoms with van der Waals surface area (Å²) in [6.45, 7) is 2.08. The zero-order chi connectivity index (χ0) is 10.6. The molecule has 3 aliphatic carbocycles. The van der Waals surface area contributed by atoms with Gasteiger partial charge in [0.25, 0.3) is 0 Å². The standard InChI is InChI=1S/C13H18O2/c1-13(12(14)15-2)6-10-8-3-4-9(5-8)11(10)7-13/h3-4,8-11H,5-7H2,1-2H3. The van der Waals surface area contributed by atoms with Gasteiger partial charge in [-0.3, -0.25) is 4.79 Å². The van der Waals surface area contributed by atoms with Gasteiger partial charge < -0.3 is 4.74 Å². The van der Waals surface area contributed by atoms with Crippen LogP contribution in [-0.4, -0.2) is 13.1 Å². The van der Waals surface area contributed by atoms with Crippen LogP contribution in [0.5, 0.6) is 0 Å². The van der Waals surface area contributed by atoms with Gasteiger partial charge in [0.05, 0.1) is 12.5 Å². The summed E-state index contributed by atoms with van der Waals surface area (Å²) in [5.41, 5.74) is -0.201. The predicted octanol–water partition coefficient (Wildman–Crippen LogP) is 2.40. The second-order valence-corrected chi connectivity index (χ2v) is 5.74. The average molecular weight is 206 g/mol. The molecular weight excluding hydrogens is 188 g/mol. The molecule has 0 spiro atoms. The van der Waals surface area contributed by atoms with E-state index in [0.29, 0.717) is 0 Å². The van der Waals surface area contributed by atoms with E-state index in [1.807, 2.05) is 0 Å². The Labute approximate surface area is 90.7 Å². The summed E-state index contributed by atoms with van der Waals surface area (Å²) in [5.74, 6) is 3.02. The zero-order valence-corrected chi connectivity index (χ0v) is 9.40. The Morgan fingerprint density at radius 2 is 1.80 bits per heavy atom. The van der Waals surface area contributed by atoms with Gasteiger partial charge in [0.15, 0.2) is 0 Å². The molecule has 2 saturated carbocycles. The topological polar surface area (TPSA) is 26.3 Å². The highest BCUT2D eigenvalue weighted by Gasteiger charge is 2.56. The molecule has 0 aliphatic heterocycles. The van der Waals surface area contributed by atoms with E-state index in [4.69, 9.17) is 4.74 Å². The van der Waals surface area contributed by atoms with Crippen LogP contribution in [0.4, 0.5) is 0 Å². The molecule has 0 aromatic carbocycles. The van der Waals surface area contributed by atoms with Crippen molar-refractivity contribution in [2.24, 2.45) is 29.1 Å². The summed E-state index contributed by atoms with van der Waals surface area (Å²) in [7, 11) is 1.51. The van der Waals surface area contributed by atoms with E-state index < -0.39 is 0 Å². The number of ether oxygens (including phenoxy) is 1.